The van der Waals surface area contributed by atoms with E-state index < -0.39 is 6.10 Å². The van der Waals surface area contributed by atoms with Gasteiger partial charge in [0.05, 0.1) is 0 Å². The summed E-state index contributed by atoms with van der Waals surface area (Å²) < 4.78 is 11.2. The molecular weight excluding hydrogens is 646 g/mol. The van der Waals surface area contributed by atoms with Crippen LogP contribution < -0.4 is 11.5 Å². The Bertz CT molecular complexity index is 830. The van der Waals surface area contributed by atoms with Crippen molar-refractivity contribution in [2.24, 2.45) is 16.5 Å². The van der Waals surface area contributed by atoms with Gasteiger partial charge in [0.25, 0.3) is 0 Å². The van der Waals surface area contributed by atoms with Crippen molar-refractivity contribution in [2.45, 2.75) is 213 Å². The normalized spacial score (nSPS) is 11.9. The molecular formula is C42H80ClN3O4. The second kappa shape index (κ2) is 41.4. The second-order valence-electron chi connectivity index (χ2n) is 13.9. The van der Waals surface area contributed by atoms with Crippen LogP contribution in [0.15, 0.2) is 29.3 Å². The summed E-state index contributed by atoms with van der Waals surface area (Å²) in [6, 6.07) is 0. The van der Waals surface area contributed by atoms with Gasteiger partial charge in [-0.1, -0.05) is 141 Å². The van der Waals surface area contributed by atoms with Gasteiger partial charge >= 0.3 is 11.9 Å². The number of ether oxygens (including phenoxy) is 2. The Morgan fingerprint density at radius 3 is 1.34 bits per heavy atom. The van der Waals surface area contributed by atoms with Crippen LogP contribution in [0.2, 0.25) is 0 Å². The summed E-state index contributed by atoms with van der Waals surface area (Å²) >= 11 is 0. The number of halogens is 1. The predicted molar refractivity (Wildman–Crippen MR) is 217 cm³/mol. The Kier molecular flexibility index (Phi) is 41.5. The molecule has 8 heteroatoms. The van der Waals surface area contributed by atoms with Gasteiger partial charge in [-0.05, 0) is 77.0 Å². The highest BCUT2D eigenvalue weighted by Gasteiger charge is 2.17. The lowest BCUT2D eigenvalue weighted by atomic mass is 10.1. The zero-order valence-corrected chi connectivity index (χ0v) is 33.5. The highest BCUT2D eigenvalue weighted by molar-refractivity contribution is 5.85. The van der Waals surface area contributed by atoms with Crippen molar-refractivity contribution >= 4 is 30.3 Å². The lowest BCUT2D eigenvalue weighted by molar-refractivity contribution is -0.159. The summed E-state index contributed by atoms with van der Waals surface area (Å²) in [4.78, 5) is 29.0. The van der Waals surface area contributed by atoms with Crippen LogP contribution in [0.25, 0.3) is 0 Å². The molecule has 0 aliphatic carbocycles. The molecule has 0 aliphatic rings. The van der Waals surface area contributed by atoms with E-state index in [-0.39, 0.29) is 36.9 Å². The van der Waals surface area contributed by atoms with Crippen LogP contribution in [0, 0.1) is 0 Å². The quantitative estimate of drug-likeness (QED) is 0.0216. The Balaban J connectivity index is 0. The topological polar surface area (TPSA) is 117 Å². The van der Waals surface area contributed by atoms with Crippen LogP contribution in [0.3, 0.4) is 0 Å². The van der Waals surface area contributed by atoms with Gasteiger partial charge in [-0.2, -0.15) is 0 Å². The number of hydrogen-bond donors (Lipinski definition) is 2. The number of carbonyl (C=O) groups is 2. The van der Waals surface area contributed by atoms with Gasteiger partial charge in [-0.3, -0.25) is 14.6 Å². The third kappa shape index (κ3) is 40.4. The molecule has 0 aromatic rings. The van der Waals surface area contributed by atoms with Crippen LogP contribution in [-0.4, -0.2) is 37.2 Å². The fourth-order valence-electron chi connectivity index (χ4n) is 5.89. The Labute approximate surface area is 315 Å². The summed E-state index contributed by atoms with van der Waals surface area (Å²) in [5, 5.41) is 0. The summed E-state index contributed by atoms with van der Waals surface area (Å²) in [5.41, 5.74) is 10.9. The van der Waals surface area contributed by atoms with E-state index in [1.54, 1.807) is 0 Å². The molecule has 7 nitrogen and oxygen atoms in total. The molecule has 50 heavy (non-hydrogen) atoms. The van der Waals surface area contributed by atoms with E-state index in [1.165, 1.54) is 116 Å². The number of unbranched alkanes of at least 4 members (excludes halogenated alkanes) is 22. The molecule has 4 N–H and O–H groups in total. The van der Waals surface area contributed by atoms with Gasteiger partial charge in [0, 0.05) is 19.4 Å². The third-order valence-corrected chi connectivity index (χ3v) is 8.99. The van der Waals surface area contributed by atoms with Gasteiger partial charge in [0.15, 0.2) is 5.96 Å². The van der Waals surface area contributed by atoms with E-state index in [9.17, 15) is 9.59 Å². The number of hydrogen-bond acceptors (Lipinski definition) is 5. The molecule has 1 atom stereocenters. The zero-order valence-electron chi connectivity index (χ0n) is 32.7. The molecule has 0 rings (SSSR count). The fraction of sp³-hybridized carbons (Fsp3) is 0.833. The predicted octanol–water partition coefficient (Wildman–Crippen LogP) is 12.0. The van der Waals surface area contributed by atoms with Crippen molar-refractivity contribution in [3.05, 3.63) is 24.3 Å². The molecule has 0 aromatic carbocycles. The molecule has 0 spiro atoms. The molecule has 0 saturated carbocycles. The van der Waals surface area contributed by atoms with Gasteiger partial charge in [-0.15, -0.1) is 12.4 Å². The lowest BCUT2D eigenvalue weighted by Crippen LogP contribution is -2.26. The number of guanidine groups is 1. The second-order valence-corrected chi connectivity index (χ2v) is 13.9. The average molecular weight is 727 g/mol. The Morgan fingerprint density at radius 2 is 0.920 bits per heavy atom. The average Bonchev–Trinajstić information content (AvgIpc) is 3.08. The minimum absolute atomic E-state index is 0. The van der Waals surface area contributed by atoms with E-state index in [4.69, 9.17) is 20.9 Å². The molecule has 0 amide bonds. The minimum Gasteiger partial charge on any atom is -0.462 e. The van der Waals surface area contributed by atoms with E-state index in [0.29, 0.717) is 32.2 Å². The van der Waals surface area contributed by atoms with E-state index in [1.807, 2.05) is 0 Å². The Hall–Kier alpha value is -2.02. The van der Waals surface area contributed by atoms with Gasteiger partial charge in [0.1, 0.15) is 12.7 Å². The third-order valence-electron chi connectivity index (χ3n) is 8.99. The van der Waals surface area contributed by atoms with Gasteiger partial charge < -0.3 is 20.9 Å². The summed E-state index contributed by atoms with van der Waals surface area (Å²) in [6.07, 6.45) is 42.6. The number of esters is 2. The largest absolute Gasteiger partial charge is 0.462 e. The van der Waals surface area contributed by atoms with Crippen molar-refractivity contribution in [1.29, 1.82) is 0 Å². The molecule has 0 bridgehead atoms. The standard InChI is InChI=1S/C42H79N3O4.ClH/c1-3-5-7-9-11-13-15-17-19-21-23-25-27-29-31-35-40(46)48-38-39(34-33-37-45-42(43)44)49-41(47)36-32-30-28-26-24-22-20-18-16-14-12-10-8-6-4-2;/h17-20,39H,3-16,21-38H2,1-2H3,(H4,43,44,45);1H/b19-17-,20-18-;. The first-order chi connectivity index (χ1) is 24.0. The number of rotatable bonds is 37. The zero-order chi connectivity index (χ0) is 35.9. The molecule has 0 aromatic heterocycles. The number of nitrogens with zero attached hydrogens (tertiary/aromatic N) is 1. The molecule has 0 heterocycles. The summed E-state index contributed by atoms with van der Waals surface area (Å²) in [5.74, 6) is -0.401. The minimum atomic E-state index is -0.470. The SMILES string of the molecule is CCCCCCCC/C=C\CCCCCCCC(=O)OCC(CCCN=C(N)N)OC(=O)CCCCCCC/C=C\CCCCCCCC.Cl. The lowest BCUT2D eigenvalue weighted by Gasteiger charge is -2.18. The maximum atomic E-state index is 12.6. The first kappa shape index (κ1) is 50.1. The van der Waals surface area contributed by atoms with E-state index in [0.717, 1.165) is 51.4 Å². The molecule has 0 radical (unpaired) electrons. The number of carbonyl (C=O) groups excluding carboxylic acids is 2. The van der Waals surface area contributed by atoms with E-state index >= 15 is 0 Å². The van der Waals surface area contributed by atoms with Crippen molar-refractivity contribution in [2.75, 3.05) is 13.2 Å². The number of allylic oxidation sites excluding steroid dienone is 4. The molecule has 1 unspecified atom stereocenters. The van der Waals surface area contributed by atoms with Crippen molar-refractivity contribution in [1.82, 2.24) is 0 Å². The molecule has 0 saturated heterocycles. The Morgan fingerprint density at radius 1 is 0.540 bits per heavy atom. The van der Waals surface area contributed by atoms with E-state index in [2.05, 4.69) is 43.1 Å². The van der Waals surface area contributed by atoms with Gasteiger partial charge in [-0.25, -0.2) is 0 Å². The number of aliphatic imine (C=N–C) groups is 1. The first-order valence-corrected chi connectivity index (χ1v) is 20.7. The van der Waals surface area contributed by atoms with Crippen molar-refractivity contribution < 1.29 is 19.1 Å². The smallest absolute Gasteiger partial charge is 0.306 e. The van der Waals surface area contributed by atoms with Crippen LogP contribution in [-0.2, 0) is 19.1 Å². The van der Waals surface area contributed by atoms with Crippen molar-refractivity contribution in [3.8, 4) is 0 Å². The maximum absolute atomic E-state index is 12.6. The van der Waals surface area contributed by atoms with Crippen LogP contribution in [0.1, 0.15) is 206 Å². The molecule has 0 aliphatic heterocycles. The van der Waals surface area contributed by atoms with Crippen LogP contribution in [0.4, 0.5) is 0 Å². The van der Waals surface area contributed by atoms with Crippen molar-refractivity contribution in [3.63, 3.8) is 0 Å². The highest BCUT2D eigenvalue weighted by atomic mass is 35.5. The molecule has 0 fully saturated rings. The summed E-state index contributed by atoms with van der Waals surface area (Å²) in [6.45, 7) is 5.06. The van der Waals surface area contributed by atoms with Gasteiger partial charge in [0.2, 0.25) is 0 Å². The fourth-order valence-corrected chi connectivity index (χ4v) is 5.89. The monoisotopic (exact) mass is 726 g/mol. The maximum Gasteiger partial charge on any atom is 0.306 e. The highest BCUT2D eigenvalue weighted by Crippen LogP contribution is 2.14. The van der Waals surface area contributed by atoms with Crippen LogP contribution in [0.5, 0.6) is 0 Å². The number of nitrogens with two attached hydrogens (primary N) is 2. The molecule has 294 valence electrons. The van der Waals surface area contributed by atoms with Crippen LogP contribution >= 0.6 is 12.4 Å². The summed E-state index contributed by atoms with van der Waals surface area (Å²) in [7, 11) is 0. The first-order valence-electron chi connectivity index (χ1n) is 20.7.